The SMILES string of the molecule is CCS(=O)(=O)N1CCc2cc(C(=O)CSc3nnc(-c4ccccc4F)n3C)ccc21. The number of hydrogen-bond donors (Lipinski definition) is 0. The van der Waals surface area contributed by atoms with E-state index in [2.05, 4.69) is 10.2 Å². The number of sulfonamides is 1. The number of thioether (sulfide) groups is 1. The highest BCUT2D eigenvalue weighted by molar-refractivity contribution is 7.99. The monoisotopic (exact) mass is 460 g/mol. The minimum atomic E-state index is -3.32. The number of nitrogens with zero attached hydrogens (tertiary/aromatic N) is 4. The third-order valence-electron chi connectivity index (χ3n) is 5.24. The van der Waals surface area contributed by atoms with Crippen molar-refractivity contribution >= 4 is 33.3 Å². The van der Waals surface area contributed by atoms with Gasteiger partial charge in [-0.05, 0) is 49.2 Å². The summed E-state index contributed by atoms with van der Waals surface area (Å²) in [6.07, 6.45) is 0.581. The summed E-state index contributed by atoms with van der Waals surface area (Å²) >= 11 is 1.22. The van der Waals surface area contributed by atoms with Crippen LogP contribution >= 0.6 is 11.8 Å². The van der Waals surface area contributed by atoms with Crippen LogP contribution in [0.4, 0.5) is 10.1 Å². The van der Waals surface area contributed by atoms with Crippen molar-refractivity contribution in [1.82, 2.24) is 14.8 Å². The van der Waals surface area contributed by atoms with Gasteiger partial charge in [0, 0.05) is 19.2 Å². The second-order valence-corrected chi connectivity index (χ2v) is 10.2. The van der Waals surface area contributed by atoms with Gasteiger partial charge in [0.1, 0.15) is 5.82 Å². The molecule has 2 heterocycles. The van der Waals surface area contributed by atoms with Gasteiger partial charge in [-0.1, -0.05) is 23.9 Å². The summed E-state index contributed by atoms with van der Waals surface area (Å²) in [5, 5.41) is 8.66. The Morgan fingerprint density at radius 2 is 1.97 bits per heavy atom. The molecule has 0 saturated carbocycles. The molecule has 31 heavy (non-hydrogen) atoms. The number of aromatic nitrogens is 3. The fourth-order valence-electron chi connectivity index (χ4n) is 3.52. The van der Waals surface area contributed by atoms with Gasteiger partial charge in [-0.15, -0.1) is 10.2 Å². The maximum Gasteiger partial charge on any atom is 0.234 e. The number of carbonyl (C=O) groups is 1. The summed E-state index contributed by atoms with van der Waals surface area (Å²) in [5.74, 6) is 0.0840. The van der Waals surface area contributed by atoms with Crippen LogP contribution < -0.4 is 4.31 Å². The van der Waals surface area contributed by atoms with Crippen LogP contribution in [0.1, 0.15) is 22.8 Å². The van der Waals surface area contributed by atoms with Crippen LogP contribution in [-0.2, 0) is 23.5 Å². The molecule has 2 aromatic carbocycles. The Balaban J connectivity index is 1.48. The molecule has 0 spiro atoms. The third-order valence-corrected chi connectivity index (χ3v) is 8.04. The maximum absolute atomic E-state index is 14.0. The van der Waals surface area contributed by atoms with E-state index in [1.165, 1.54) is 22.1 Å². The molecule has 1 aromatic heterocycles. The van der Waals surface area contributed by atoms with Crippen molar-refractivity contribution in [3.63, 3.8) is 0 Å². The molecule has 0 bridgehead atoms. The standard InChI is InChI=1S/C21H21FN4O3S2/c1-3-31(28,29)26-11-10-14-12-15(8-9-18(14)26)19(27)13-30-21-24-23-20(25(21)2)16-6-4-5-7-17(16)22/h4-9,12H,3,10-11,13H2,1-2H3. The number of rotatable bonds is 7. The van der Waals surface area contributed by atoms with Crippen molar-refractivity contribution in [2.45, 2.75) is 18.5 Å². The normalized spacial score (nSPS) is 13.5. The fourth-order valence-corrected chi connectivity index (χ4v) is 5.49. The Morgan fingerprint density at radius 1 is 1.19 bits per heavy atom. The highest BCUT2D eigenvalue weighted by atomic mass is 32.2. The zero-order valence-electron chi connectivity index (χ0n) is 17.1. The maximum atomic E-state index is 14.0. The predicted molar refractivity (Wildman–Crippen MR) is 118 cm³/mol. The highest BCUT2D eigenvalue weighted by Crippen LogP contribution is 2.32. The van der Waals surface area contributed by atoms with E-state index in [1.54, 1.807) is 54.9 Å². The highest BCUT2D eigenvalue weighted by Gasteiger charge is 2.28. The van der Waals surface area contributed by atoms with Crippen molar-refractivity contribution in [3.8, 4) is 11.4 Å². The first-order chi connectivity index (χ1) is 14.8. The topological polar surface area (TPSA) is 85.2 Å². The molecule has 1 aliphatic rings. The third kappa shape index (κ3) is 4.09. The van der Waals surface area contributed by atoms with E-state index in [0.29, 0.717) is 40.8 Å². The number of Topliss-reactive ketones (excluding diaryl/α,β-unsaturated/α-hetero) is 1. The van der Waals surface area contributed by atoms with Crippen molar-refractivity contribution in [3.05, 3.63) is 59.4 Å². The average Bonchev–Trinajstić information content (AvgIpc) is 3.36. The Bertz CT molecular complexity index is 1260. The van der Waals surface area contributed by atoms with Crippen molar-refractivity contribution in [2.24, 2.45) is 7.05 Å². The zero-order chi connectivity index (χ0) is 22.2. The van der Waals surface area contributed by atoms with E-state index in [-0.39, 0.29) is 23.1 Å². The van der Waals surface area contributed by atoms with Gasteiger partial charge in [0.2, 0.25) is 10.0 Å². The van der Waals surface area contributed by atoms with Crippen LogP contribution in [0.5, 0.6) is 0 Å². The summed E-state index contributed by atoms with van der Waals surface area (Å²) in [6, 6.07) is 11.5. The van der Waals surface area contributed by atoms with Gasteiger partial charge in [-0.3, -0.25) is 9.10 Å². The Labute approximate surface area is 184 Å². The molecule has 0 saturated heterocycles. The number of fused-ring (bicyclic) bond motifs is 1. The van der Waals surface area contributed by atoms with E-state index in [1.807, 2.05) is 0 Å². The lowest BCUT2D eigenvalue weighted by Crippen LogP contribution is -2.30. The molecule has 0 amide bonds. The number of carbonyl (C=O) groups excluding carboxylic acids is 1. The lowest BCUT2D eigenvalue weighted by Gasteiger charge is -2.18. The predicted octanol–water partition coefficient (Wildman–Crippen LogP) is 3.31. The van der Waals surface area contributed by atoms with Crippen LogP contribution in [-0.4, -0.2) is 47.0 Å². The van der Waals surface area contributed by atoms with Gasteiger partial charge in [0.25, 0.3) is 0 Å². The Morgan fingerprint density at radius 3 is 2.71 bits per heavy atom. The average molecular weight is 461 g/mol. The number of ketones is 1. The first-order valence-corrected chi connectivity index (χ1v) is 12.3. The molecule has 10 heteroatoms. The molecule has 0 fully saturated rings. The lowest BCUT2D eigenvalue weighted by atomic mass is 10.1. The van der Waals surface area contributed by atoms with Crippen molar-refractivity contribution < 1.29 is 17.6 Å². The largest absolute Gasteiger partial charge is 0.305 e. The number of anilines is 1. The molecule has 0 atom stereocenters. The van der Waals surface area contributed by atoms with Crippen LogP contribution in [0.3, 0.4) is 0 Å². The van der Waals surface area contributed by atoms with Gasteiger partial charge in [0.15, 0.2) is 16.8 Å². The van der Waals surface area contributed by atoms with E-state index in [9.17, 15) is 17.6 Å². The first-order valence-electron chi connectivity index (χ1n) is 9.75. The Hall–Kier alpha value is -2.72. The molecule has 0 aliphatic carbocycles. The molecule has 0 radical (unpaired) electrons. The second-order valence-electron chi connectivity index (χ2n) is 7.12. The summed E-state index contributed by atoms with van der Waals surface area (Å²) in [5.41, 5.74) is 2.38. The molecular formula is C21H21FN4O3S2. The van der Waals surface area contributed by atoms with Crippen LogP contribution in [0.2, 0.25) is 0 Å². The molecule has 4 rings (SSSR count). The van der Waals surface area contributed by atoms with Crippen LogP contribution in [0.15, 0.2) is 47.6 Å². The van der Waals surface area contributed by atoms with Gasteiger partial charge in [0.05, 0.1) is 22.8 Å². The van der Waals surface area contributed by atoms with Crippen LogP contribution in [0, 0.1) is 5.82 Å². The van der Waals surface area contributed by atoms with E-state index in [4.69, 9.17) is 0 Å². The molecule has 7 nitrogen and oxygen atoms in total. The minimum Gasteiger partial charge on any atom is -0.305 e. The summed E-state index contributed by atoms with van der Waals surface area (Å²) < 4.78 is 41.6. The molecule has 1 aliphatic heterocycles. The molecule has 3 aromatic rings. The van der Waals surface area contributed by atoms with E-state index >= 15 is 0 Å². The van der Waals surface area contributed by atoms with Gasteiger partial charge in [-0.2, -0.15) is 0 Å². The summed E-state index contributed by atoms with van der Waals surface area (Å²) in [6.45, 7) is 2.02. The summed E-state index contributed by atoms with van der Waals surface area (Å²) in [4.78, 5) is 12.7. The zero-order valence-corrected chi connectivity index (χ0v) is 18.7. The second kappa shape index (κ2) is 8.43. The van der Waals surface area contributed by atoms with Crippen molar-refractivity contribution in [1.29, 1.82) is 0 Å². The number of hydrogen-bond acceptors (Lipinski definition) is 6. The lowest BCUT2D eigenvalue weighted by molar-refractivity contribution is 0.102. The fraction of sp³-hybridized carbons (Fsp3) is 0.286. The van der Waals surface area contributed by atoms with Gasteiger partial charge >= 0.3 is 0 Å². The van der Waals surface area contributed by atoms with Crippen molar-refractivity contribution in [2.75, 3.05) is 22.4 Å². The molecule has 0 N–H and O–H groups in total. The summed E-state index contributed by atoms with van der Waals surface area (Å²) in [7, 11) is -1.59. The first kappa shape index (κ1) is 21.5. The van der Waals surface area contributed by atoms with E-state index < -0.39 is 10.0 Å². The smallest absolute Gasteiger partial charge is 0.234 e. The van der Waals surface area contributed by atoms with E-state index in [0.717, 1.165) is 5.56 Å². The molecule has 162 valence electrons. The quantitative estimate of drug-likeness (QED) is 0.397. The molecule has 0 unspecified atom stereocenters. The molecular weight excluding hydrogens is 439 g/mol. The number of halogens is 1. The number of benzene rings is 2. The minimum absolute atomic E-state index is 0.0380. The van der Waals surface area contributed by atoms with Gasteiger partial charge < -0.3 is 4.57 Å². The van der Waals surface area contributed by atoms with Crippen LogP contribution in [0.25, 0.3) is 11.4 Å². The van der Waals surface area contributed by atoms with Gasteiger partial charge in [-0.25, -0.2) is 12.8 Å². The Kier molecular flexibility index (Phi) is 5.85.